The Bertz CT molecular complexity index is 422. The molecule has 0 aliphatic heterocycles. The second-order valence-electron chi connectivity index (χ2n) is 5.06. The van der Waals surface area contributed by atoms with Crippen LogP contribution in [0.25, 0.3) is 0 Å². The summed E-state index contributed by atoms with van der Waals surface area (Å²) in [7, 11) is 0. The zero-order valence-corrected chi connectivity index (χ0v) is 14.2. The highest BCUT2D eigenvalue weighted by Gasteiger charge is 2.10. The summed E-state index contributed by atoms with van der Waals surface area (Å²) >= 11 is 1.74. The van der Waals surface area contributed by atoms with Crippen LogP contribution in [0.1, 0.15) is 38.8 Å². The van der Waals surface area contributed by atoms with Crippen LogP contribution in [-0.4, -0.2) is 30.6 Å². The van der Waals surface area contributed by atoms with Crippen molar-refractivity contribution in [2.45, 2.75) is 39.3 Å². The van der Waals surface area contributed by atoms with Crippen molar-refractivity contribution in [3.05, 3.63) is 29.8 Å². The standard InChI is InChI=1S/C16H27N3OS/c1-5-14(11-21-4)18-16(20)19-15-9-7-13(8-10-15)12(3)17-6-2/h7-10,12,14,17H,5-6,11H2,1-4H3,(H2,18,19,20). The van der Waals surface area contributed by atoms with Crippen molar-refractivity contribution in [2.75, 3.05) is 23.9 Å². The van der Waals surface area contributed by atoms with E-state index in [1.807, 2.05) is 30.5 Å². The molecular formula is C16H27N3OS. The Kier molecular flexibility index (Phi) is 8.23. The molecule has 2 amide bonds. The zero-order valence-electron chi connectivity index (χ0n) is 13.4. The third-order valence-corrected chi connectivity index (χ3v) is 4.11. The van der Waals surface area contributed by atoms with Crippen LogP contribution < -0.4 is 16.0 Å². The summed E-state index contributed by atoms with van der Waals surface area (Å²) < 4.78 is 0. The van der Waals surface area contributed by atoms with Crippen molar-refractivity contribution in [1.82, 2.24) is 10.6 Å². The molecule has 0 heterocycles. The lowest BCUT2D eigenvalue weighted by Crippen LogP contribution is -2.39. The molecule has 0 saturated heterocycles. The molecule has 1 aromatic carbocycles. The first-order chi connectivity index (χ1) is 10.1. The highest BCUT2D eigenvalue weighted by molar-refractivity contribution is 7.98. The predicted octanol–water partition coefficient (Wildman–Crippen LogP) is 3.62. The summed E-state index contributed by atoms with van der Waals surface area (Å²) in [5, 5.41) is 9.24. The smallest absolute Gasteiger partial charge is 0.319 e. The second kappa shape index (κ2) is 9.68. The molecule has 0 fully saturated rings. The topological polar surface area (TPSA) is 53.2 Å². The number of thioether (sulfide) groups is 1. The van der Waals surface area contributed by atoms with Gasteiger partial charge in [0.1, 0.15) is 0 Å². The molecule has 0 spiro atoms. The summed E-state index contributed by atoms with van der Waals surface area (Å²) in [6.07, 6.45) is 2.99. The van der Waals surface area contributed by atoms with Gasteiger partial charge in [-0.15, -0.1) is 0 Å². The third-order valence-electron chi connectivity index (χ3n) is 3.37. The molecule has 1 aromatic rings. The Morgan fingerprint density at radius 3 is 2.43 bits per heavy atom. The van der Waals surface area contributed by atoms with Gasteiger partial charge >= 0.3 is 6.03 Å². The van der Waals surface area contributed by atoms with Crippen LogP contribution in [0, 0.1) is 0 Å². The molecule has 3 N–H and O–H groups in total. The first kappa shape index (κ1) is 17.9. The van der Waals surface area contributed by atoms with E-state index in [1.165, 1.54) is 5.56 Å². The SMILES string of the molecule is CCNC(C)c1ccc(NC(=O)NC(CC)CSC)cc1. The Morgan fingerprint density at radius 2 is 1.90 bits per heavy atom. The minimum atomic E-state index is -0.136. The third kappa shape index (κ3) is 6.40. The average Bonchev–Trinajstić information content (AvgIpc) is 2.47. The normalized spacial score (nSPS) is 13.5. The Balaban J connectivity index is 2.53. The lowest BCUT2D eigenvalue weighted by atomic mass is 10.1. The Hall–Kier alpha value is -1.20. The van der Waals surface area contributed by atoms with E-state index in [4.69, 9.17) is 0 Å². The lowest BCUT2D eigenvalue weighted by Gasteiger charge is -2.17. The van der Waals surface area contributed by atoms with Crippen molar-refractivity contribution >= 4 is 23.5 Å². The van der Waals surface area contributed by atoms with Crippen molar-refractivity contribution in [3.63, 3.8) is 0 Å². The van der Waals surface area contributed by atoms with E-state index in [0.29, 0.717) is 6.04 Å². The average molecular weight is 309 g/mol. The molecular weight excluding hydrogens is 282 g/mol. The highest BCUT2D eigenvalue weighted by Crippen LogP contribution is 2.16. The van der Waals surface area contributed by atoms with Gasteiger partial charge in [0.2, 0.25) is 0 Å². The van der Waals surface area contributed by atoms with E-state index in [0.717, 1.165) is 24.4 Å². The van der Waals surface area contributed by atoms with Crippen LogP contribution >= 0.6 is 11.8 Å². The molecule has 2 atom stereocenters. The minimum Gasteiger partial charge on any atom is -0.334 e. The number of urea groups is 1. The summed E-state index contributed by atoms with van der Waals surface area (Å²) in [5.74, 6) is 0.934. The van der Waals surface area contributed by atoms with Crippen molar-refractivity contribution in [3.8, 4) is 0 Å². The van der Waals surface area contributed by atoms with Gasteiger partial charge in [-0.25, -0.2) is 4.79 Å². The molecule has 0 aliphatic rings. The van der Waals surface area contributed by atoms with Gasteiger partial charge in [0.15, 0.2) is 0 Å². The second-order valence-corrected chi connectivity index (χ2v) is 5.97. The molecule has 4 nitrogen and oxygen atoms in total. The molecule has 21 heavy (non-hydrogen) atoms. The summed E-state index contributed by atoms with van der Waals surface area (Å²) in [4.78, 5) is 11.9. The van der Waals surface area contributed by atoms with Crippen LogP contribution in [0.3, 0.4) is 0 Å². The van der Waals surface area contributed by atoms with Crippen LogP contribution in [0.2, 0.25) is 0 Å². The molecule has 5 heteroatoms. The zero-order chi connectivity index (χ0) is 15.7. The van der Waals surface area contributed by atoms with E-state index >= 15 is 0 Å². The van der Waals surface area contributed by atoms with E-state index in [2.05, 4.69) is 36.7 Å². The number of nitrogens with one attached hydrogen (secondary N) is 3. The van der Waals surface area contributed by atoms with Crippen LogP contribution in [0.4, 0.5) is 10.5 Å². The van der Waals surface area contributed by atoms with Gasteiger partial charge in [-0.1, -0.05) is 26.0 Å². The fourth-order valence-corrected chi connectivity index (χ4v) is 2.82. The fourth-order valence-electron chi connectivity index (χ4n) is 2.09. The van der Waals surface area contributed by atoms with Gasteiger partial charge in [-0.05, 0) is 43.8 Å². The minimum absolute atomic E-state index is 0.136. The Labute approximate surface area is 132 Å². The van der Waals surface area contributed by atoms with E-state index < -0.39 is 0 Å². The van der Waals surface area contributed by atoms with Crippen molar-refractivity contribution in [1.29, 1.82) is 0 Å². The predicted molar refractivity (Wildman–Crippen MR) is 93.1 cm³/mol. The van der Waals surface area contributed by atoms with Crippen molar-refractivity contribution < 1.29 is 4.79 Å². The van der Waals surface area contributed by atoms with Crippen LogP contribution in [-0.2, 0) is 0 Å². The number of amides is 2. The number of anilines is 1. The quantitative estimate of drug-likeness (QED) is 0.687. The number of carbonyl (C=O) groups is 1. The summed E-state index contributed by atoms with van der Waals surface area (Å²) in [6.45, 7) is 7.25. The fraction of sp³-hybridized carbons (Fsp3) is 0.562. The number of hydrogen-bond acceptors (Lipinski definition) is 3. The maximum absolute atomic E-state index is 11.9. The summed E-state index contributed by atoms with van der Waals surface area (Å²) in [5.41, 5.74) is 2.04. The monoisotopic (exact) mass is 309 g/mol. The van der Waals surface area contributed by atoms with Gasteiger partial charge in [-0.3, -0.25) is 0 Å². The largest absolute Gasteiger partial charge is 0.334 e. The first-order valence-corrected chi connectivity index (χ1v) is 8.89. The van der Waals surface area contributed by atoms with E-state index in [-0.39, 0.29) is 12.1 Å². The van der Waals surface area contributed by atoms with E-state index in [1.54, 1.807) is 11.8 Å². The molecule has 2 unspecified atom stereocenters. The van der Waals surface area contributed by atoms with E-state index in [9.17, 15) is 4.79 Å². The highest BCUT2D eigenvalue weighted by atomic mass is 32.2. The van der Waals surface area contributed by atoms with Gasteiger partial charge in [0.25, 0.3) is 0 Å². The van der Waals surface area contributed by atoms with Gasteiger partial charge in [-0.2, -0.15) is 11.8 Å². The van der Waals surface area contributed by atoms with Gasteiger partial charge in [0, 0.05) is 23.5 Å². The molecule has 0 saturated carbocycles. The maximum Gasteiger partial charge on any atom is 0.319 e. The first-order valence-electron chi connectivity index (χ1n) is 7.50. The number of benzene rings is 1. The maximum atomic E-state index is 11.9. The summed E-state index contributed by atoms with van der Waals surface area (Å²) in [6, 6.07) is 8.38. The van der Waals surface area contributed by atoms with Crippen LogP contribution in [0.15, 0.2) is 24.3 Å². The van der Waals surface area contributed by atoms with Crippen LogP contribution in [0.5, 0.6) is 0 Å². The molecule has 118 valence electrons. The molecule has 1 rings (SSSR count). The molecule has 0 aliphatic carbocycles. The van der Waals surface area contributed by atoms with Crippen molar-refractivity contribution in [2.24, 2.45) is 0 Å². The number of hydrogen-bond donors (Lipinski definition) is 3. The Morgan fingerprint density at radius 1 is 1.24 bits per heavy atom. The van der Waals surface area contributed by atoms with Gasteiger partial charge in [0.05, 0.1) is 0 Å². The molecule has 0 bridgehead atoms. The number of carbonyl (C=O) groups excluding carboxylic acids is 1. The molecule has 0 radical (unpaired) electrons. The lowest BCUT2D eigenvalue weighted by molar-refractivity contribution is 0.249. The van der Waals surface area contributed by atoms with Gasteiger partial charge < -0.3 is 16.0 Å². The molecule has 0 aromatic heterocycles. The number of rotatable bonds is 8.